The number of primary amides is 1. The van der Waals surface area contributed by atoms with Crippen molar-refractivity contribution in [2.45, 2.75) is 31.9 Å². The molecule has 0 saturated carbocycles. The molecular weight excluding hydrogens is 228 g/mol. The number of aryl methyl sites for hydroxylation is 1. The zero-order valence-electron chi connectivity index (χ0n) is 10.7. The van der Waals surface area contributed by atoms with Crippen molar-refractivity contribution < 1.29 is 9.53 Å². The first-order valence-electron chi connectivity index (χ1n) is 6.37. The fraction of sp³-hybridized carbons (Fsp3) is 0.500. The van der Waals surface area contributed by atoms with Crippen molar-refractivity contribution in [3.63, 3.8) is 0 Å². The van der Waals surface area contributed by atoms with E-state index in [4.69, 9.17) is 10.5 Å². The maximum absolute atomic E-state index is 11.5. The van der Waals surface area contributed by atoms with Gasteiger partial charge in [-0.25, -0.2) is 0 Å². The maximum Gasteiger partial charge on any atom is 0.239 e. The van der Waals surface area contributed by atoms with Crippen molar-refractivity contribution in [2.75, 3.05) is 13.2 Å². The first-order chi connectivity index (χ1) is 8.66. The molecule has 1 fully saturated rings. The Balaban J connectivity index is 1.99. The molecule has 1 heterocycles. The zero-order chi connectivity index (χ0) is 13.0. The Morgan fingerprint density at radius 1 is 1.50 bits per heavy atom. The van der Waals surface area contributed by atoms with Crippen molar-refractivity contribution >= 4 is 5.91 Å². The number of ether oxygens (including phenoxy) is 1. The average molecular weight is 248 g/mol. The molecular formula is C14H20N2O2. The van der Waals surface area contributed by atoms with Crippen LogP contribution >= 0.6 is 0 Å². The highest BCUT2D eigenvalue weighted by Gasteiger charge is 2.21. The lowest BCUT2D eigenvalue weighted by atomic mass is 10.0. The first-order valence-corrected chi connectivity index (χ1v) is 6.37. The minimum Gasteiger partial charge on any atom is -0.377 e. The smallest absolute Gasteiger partial charge is 0.239 e. The maximum atomic E-state index is 11.5. The number of carbonyl (C=O) groups excluding carboxylic acids is 1. The Hall–Kier alpha value is -1.39. The Bertz CT molecular complexity index is 397. The van der Waals surface area contributed by atoms with Crippen LogP contribution in [0.15, 0.2) is 24.3 Å². The van der Waals surface area contributed by atoms with E-state index in [1.807, 2.05) is 31.2 Å². The van der Waals surface area contributed by atoms with Crippen LogP contribution in [-0.4, -0.2) is 25.2 Å². The lowest BCUT2D eigenvalue weighted by Crippen LogP contribution is -2.37. The average Bonchev–Trinajstić information content (AvgIpc) is 2.84. The Kier molecular flexibility index (Phi) is 4.33. The molecule has 2 atom stereocenters. The number of carbonyl (C=O) groups is 1. The van der Waals surface area contributed by atoms with Gasteiger partial charge in [-0.3, -0.25) is 10.1 Å². The summed E-state index contributed by atoms with van der Waals surface area (Å²) >= 11 is 0. The number of benzene rings is 1. The van der Waals surface area contributed by atoms with E-state index in [1.54, 1.807) is 0 Å². The fourth-order valence-corrected chi connectivity index (χ4v) is 2.20. The summed E-state index contributed by atoms with van der Waals surface area (Å²) in [4.78, 5) is 11.5. The van der Waals surface area contributed by atoms with Gasteiger partial charge in [0.15, 0.2) is 0 Å². The number of hydrogen-bond donors (Lipinski definition) is 2. The molecule has 1 aromatic carbocycles. The van der Waals surface area contributed by atoms with E-state index in [9.17, 15) is 4.79 Å². The van der Waals surface area contributed by atoms with Gasteiger partial charge in [-0.15, -0.1) is 0 Å². The molecule has 1 amide bonds. The van der Waals surface area contributed by atoms with Crippen LogP contribution in [0.5, 0.6) is 0 Å². The lowest BCUT2D eigenvalue weighted by Gasteiger charge is -2.18. The van der Waals surface area contributed by atoms with Crippen LogP contribution in [0.25, 0.3) is 0 Å². The summed E-state index contributed by atoms with van der Waals surface area (Å²) in [5.74, 6) is -0.350. The van der Waals surface area contributed by atoms with Crippen LogP contribution in [0.2, 0.25) is 0 Å². The molecule has 0 bridgehead atoms. The van der Waals surface area contributed by atoms with Crippen molar-refractivity contribution in [1.29, 1.82) is 0 Å². The molecule has 4 heteroatoms. The van der Waals surface area contributed by atoms with Crippen LogP contribution in [0.4, 0.5) is 0 Å². The molecule has 2 rings (SSSR count). The van der Waals surface area contributed by atoms with Gasteiger partial charge in [0.25, 0.3) is 0 Å². The third kappa shape index (κ3) is 3.31. The predicted octanol–water partition coefficient (Wildman–Crippen LogP) is 1.29. The highest BCUT2D eigenvalue weighted by molar-refractivity contribution is 5.81. The van der Waals surface area contributed by atoms with Crippen molar-refractivity contribution in [1.82, 2.24) is 5.32 Å². The van der Waals surface area contributed by atoms with Crippen LogP contribution in [0.1, 0.15) is 30.0 Å². The molecule has 0 spiro atoms. The second-order valence-electron chi connectivity index (χ2n) is 4.79. The number of rotatable bonds is 5. The third-order valence-electron chi connectivity index (χ3n) is 3.27. The van der Waals surface area contributed by atoms with E-state index in [1.165, 1.54) is 5.56 Å². The largest absolute Gasteiger partial charge is 0.377 e. The summed E-state index contributed by atoms with van der Waals surface area (Å²) in [5.41, 5.74) is 7.53. The summed E-state index contributed by atoms with van der Waals surface area (Å²) in [6.07, 6.45) is 2.35. The van der Waals surface area contributed by atoms with Crippen molar-refractivity contribution in [2.24, 2.45) is 5.73 Å². The molecule has 98 valence electrons. The Labute approximate surface area is 108 Å². The monoisotopic (exact) mass is 248 g/mol. The van der Waals surface area contributed by atoms with Crippen molar-refractivity contribution in [3.05, 3.63) is 35.4 Å². The summed E-state index contributed by atoms with van der Waals surface area (Å²) in [7, 11) is 0. The van der Waals surface area contributed by atoms with E-state index >= 15 is 0 Å². The number of nitrogens with one attached hydrogen (secondary N) is 1. The summed E-state index contributed by atoms with van der Waals surface area (Å²) in [6.45, 7) is 3.50. The minimum absolute atomic E-state index is 0.206. The normalized spacial score (nSPS) is 20.8. The van der Waals surface area contributed by atoms with Gasteiger partial charge in [-0.2, -0.15) is 0 Å². The van der Waals surface area contributed by atoms with Gasteiger partial charge >= 0.3 is 0 Å². The van der Waals surface area contributed by atoms with Gasteiger partial charge in [0.1, 0.15) is 6.04 Å². The number of nitrogens with two attached hydrogens (primary N) is 1. The lowest BCUT2D eigenvalue weighted by molar-refractivity contribution is -0.120. The quantitative estimate of drug-likeness (QED) is 0.825. The molecule has 0 radical (unpaired) electrons. The van der Waals surface area contributed by atoms with Crippen LogP contribution in [0, 0.1) is 6.92 Å². The molecule has 1 aromatic rings. The third-order valence-corrected chi connectivity index (χ3v) is 3.27. The van der Waals surface area contributed by atoms with Crippen molar-refractivity contribution in [3.8, 4) is 0 Å². The standard InChI is InChI=1S/C14H20N2O2/c1-10-4-6-11(7-5-10)13(14(15)17)16-9-12-3-2-8-18-12/h4-7,12-13,16H,2-3,8-9H2,1H3,(H2,15,17). The highest BCUT2D eigenvalue weighted by atomic mass is 16.5. The van der Waals surface area contributed by atoms with Gasteiger partial charge < -0.3 is 10.5 Å². The van der Waals surface area contributed by atoms with Gasteiger partial charge in [-0.1, -0.05) is 29.8 Å². The van der Waals surface area contributed by atoms with Gasteiger partial charge in [-0.05, 0) is 25.3 Å². The SMILES string of the molecule is Cc1ccc(C(NCC2CCCO2)C(N)=O)cc1. The van der Waals surface area contributed by atoms with Gasteiger partial charge in [0.2, 0.25) is 5.91 Å². The first kappa shape index (κ1) is 13.1. The van der Waals surface area contributed by atoms with E-state index < -0.39 is 6.04 Å². The minimum atomic E-state index is -0.435. The Morgan fingerprint density at radius 3 is 2.78 bits per heavy atom. The van der Waals surface area contributed by atoms with Crippen LogP contribution in [-0.2, 0) is 9.53 Å². The molecule has 3 N–H and O–H groups in total. The molecule has 1 saturated heterocycles. The number of amides is 1. The molecule has 4 nitrogen and oxygen atoms in total. The van der Waals surface area contributed by atoms with Gasteiger partial charge in [0, 0.05) is 13.2 Å². The summed E-state index contributed by atoms with van der Waals surface area (Å²) < 4.78 is 5.52. The van der Waals surface area contributed by atoms with E-state index in [0.717, 1.165) is 25.0 Å². The van der Waals surface area contributed by atoms with Gasteiger partial charge in [0.05, 0.1) is 6.10 Å². The molecule has 1 aliphatic rings. The molecule has 0 aliphatic carbocycles. The second kappa shape index (κ2) is 5.98. The van der Waals surface area contributed by atoms with E-state index in [2.05, 4.69) is 5.32 Å². The van der Waals surface area contributed by atoms with Crippen LogP contribution < -0.4 is 11.1 Å². The summed E-state index contributed by atoms with van der Waals surface area (Å²) in [5, 5.41) is 3.20. The zero-order valence-corrected chi connectivity index (χ0v) is 10.7. The van der Waals surface area contributed by atoms with Crippen LogP contribution in [0.3, 0.4) is 0 Å². The fourth-order valence-electron chi connectivity index (χ4n) is 2.20. The summed E-state index contributed by atoms with van der Waals surface area (Å²) in [6, 6.07) is 7.41. The Morgan fingerprint density at radius 2 is 2.22 bits per heavy atom. The molecule has 1 aliphatic heterocycles. The molecule has 0 aromatic heterocycles. The highest BCUT2D eigenvalue weighted by Crippen LogP contribution is 2.16. The number of hydrogen-bond acceptors (Lipinski definition) is 3. The second-order valence-corrected chi connectivity index (χ2v) is 4.79. The van der Waals surface area contributed by atoms with E-state index in [0.29, 0.717) is 6.54 Å². The predicted molar refractivity (Wildman–Crippen MR) is 70.1 cm³/mol. The molecule has 2 unspecified atom stereocenters. The van der Waals surface area contributed by atoms with E-state index in [-0.39, 0.29) is 12.0 Å². The molecule has 18 heavy (non-hydrogen) atoms. The topological polar surface area (TPSA) is 64.3 Å².